The Morgan fingerprint density at radius 1 is 0.622 bits per heavy atom. The highest BCUT2D eigenvalue weighted by atomic mass is 19.4. The van der Waals surface area contributed by atoms with Crippen molar-refractivity contribution in [2.45, 2.75) is 119 Å². The van der Waals surface area contributed by atoms with E-state index in [1.165, 1.54) is 0 Å². The minimum absolute atomic E-state index is 0.217. The van der Waals surface area contributed by atoms with E-state index in [1.54, 1.807) is 0 Å². The summed E-state index contributed by atoms with van der Waals surface area (Å²) in [5.41, 5.74) is 0. The molecular formula is C21H27F13N2O. The first-order valence-corrected chi connectivity index (χ1v) is 11.7. The van der Waals surface area contributed by atoms with E-state index in [0.717, 1.165) is 38.5 Å². The summed E-state index contributed by atoms with van der Waals surface area (Å²) >= 11 is 0. The Kier molecular flexibility index (Phi) is 9.58. The van der Waals surface area contributed by atoms with Crippen LogP contribution in [-0.2, 0) is 4.74 Å². The number of halogens is 13. The molecule has 0 saturated heterocycles. The molecule has 0 radical (unpaired) electrons. The molecule has 37 heavy (non-hydrogen) atoms. The van der Waals surface area contributed by atoms with E-state index in [-0.39, 0.29) is 18.1 Å². The number of aliphatic imine (C=N–C) groups is 1. The Hall–Kier alpha value is -1.64. The average molecular weight is 570 g/mol. The molecule has 0 heterocycles. The van der Waals surface area contributed by atoms with Gasteiger partial charge in [0.25, 0.3) is 6.02 Å². The first-order valence-electron chi connectivity index (χ1n) is 11.7. The third kappa shape index (κ3) is 6.51. The summed E-state index contributed by atoms with van der Waals surface area (Å²) in [4.78, 5) is 4.22. The molecule has 0 amide bonds. The van der Waals surface area contributed by atoms with E-state index >= 15 is 0 Å². The summed E-state index contributed by atoms with van der Waals surface area (Å²) in [6, 6.07) is -0.876. The van der Waals surface area contributed by atoms with Crippen LogP contribution in [0.5, 0.6) is 0 Å². The number of hydrogen-bond acceptors (Lipinski definition) is 2. The molecular weight excluding hydrogens is 543 g/mol. The lowest BCUT2D eigenvalue weighted by atomic mass is 9.93. The van der Waals surface area contributed by atoms with E-state index in [0.29, 0.717) is 25.7 Å². The predicted molar refractivity (Wildman–Crippen MR) is 106 cm³/mol. The van der Waals surface area contributed by atoms with Crippen LogP contribution in [0.25, 0.3) is 0 Å². The highest BCUT2D eigenvalue weighted by Gasteiger charge is 2.90. The lowest BCUT2D eigenvalue weighted by Gasteiger charge is -2.39. The van der Waals surface area contributed by atoms with Crippen LogP contribution < -0.4 is 5.32 Å². The first-order chi connectivity index (χ1) is 16.8. The highest BCUT2D eigenvalue weighted by molar-refractivity contribution is 5.74. The van der Waals surface area contributed by atoms with Crippen LogP contribution in [0.15, 0.2) is 4.99 Å². The van der Waals surface area contributed by atoms with Gasteiger partial charge in [0, 0.05) is 6.04 Å². The quantitative estimate of drug-likeness (QED) is 0.175. The monoisotopic (exact) mass is 570 g/mol. The van der Waals surface area contributed by atoms with E-state index in [1.807, 2.05) is 0 Å². The first kappa shape index (κ1) is 31.6. The van der Waals surface area contributed by atoms with Gasteiger partial charge in [0.2, 0.25) is 0 Å². The molecule has 2 rings (SSSR count). The molecule has 0 aromatic carbocycles. The van der Waals surface area contributed by atoms with E-state index < -0.39 is 48.8 Å². The topological polar surface area (TPSA) is 33.6 Å². The van der Waals surface area contributed by atoms with E-state index in [4.69, 9.17) is 4.74 Å². The number of ether oxygens (including phenoxy) is 1. The molecule has 16 heteroatoms. The fourth-order valence-electron chi connectivity index (χ4n) is 4.15. The normalized spacial score (nSPS) is 20.7. The number of rotatable bonds is 9. The fourth-order valence-corrected chi connectivity index (χ4v) is 4.15. The molecule has 2 fully saturated rings. The van der Waals surface area contributed by atoms with Gasteiger partial charge in [-0.15, -0.1) is 0 Å². The van der Waals surface area contributed by atoms with E-state index in [2.05, 4.69) is 10.3 Å². The zero-order chi connectivity index (χ0) is 28.3. The molecule has 0 bridgehead atoms. The number of nitrogens with zero attached hydrogens (tertiary/aromatic N) is 1. The Morgan fingerprint density at radius 3 is 1.57 bits per heavy atom. The molecule has 2 aliphatic carbocycles. The van der Waals surface area contributed by atoms with Crippen molar-refractivity contribution in [1.82, 2.24) is 5.32 Å². The maximum absolute atomic E-state index is 14.1. The number of amidine groups is 1. The van der Waals surface area contributed by atoms with Gasteiger partial charge in [0.1, 0.15) is 0 Å². The molecule has 0 aromatic heterocycles. The third-order valence-electron chi connectivity index (χ3n) is 6.46. The van der Waals surface area contributed by atoms with Gasteiger partial charge in [-0.3, -0.25) is 0 Å². The van der Waals surface area contributed by atoms with Crippen molar-refractivity contribution in [3.63, 3.8) is 0 Å². The molecule has 2 saturated carbocycles. The number of alkyl halides is 13. The lowest BCUT2D eigenvalue weighted by Crippen LogP contribution is -2.70. The van der Waals surface area contributed by atoms with Gasteiger partial charge in [-0.05, 0) is 25.7 Å². The van der Waals surface area contributed by atoms with Crippen molar-refractivity contribution < 1.29 is 61.8 Å². The van der Waals surface area contributed by atoms with Crippen LogP contribution in [0.3, 0.4) is 0 Å². The number of nitrogens with one attached hydrogen (secondary N) is 1. The summed E-state index contributed by atoms with van der Waals surface area (Å²) in [5, 5.41) is 2.82. The Morgan fingerprint density at radius 2 is 1.08 bits per heavy atom. The van der Waals surface area contributed by atoms with Gasteiger partial charge in [-0.2, -0.15) is 57.1 Å². The Balaban J connectivity index is 2.17. The molecule has 3 nitrogen and oxygen atoms in total. The smallest absolute Gasteiger partial charge is 0.460 e. The van der Waals surface area contributed by atoms with Crippen molar-refractivity contribution in [3.8, 4) is 0 Å². The highest BCUT2D eigenvalue weighted by Crippen LogP contribution is 2.60. The van der Waals surface area contributed by atoms with Gasteiger partial charge in [0.15, 0.2) is 0 Å². The van der Waals surface area contributed by atoms with Gasteiger partial charge < -0.3 is 10.1 Å². The minimum atomic E-state index is -7.90. The van der Waals surface area contributed by atoms with Crippen molar-refractivity contribution in [1.29, 1.82) is 0 Å². The average Bonchev–Trinajstić information content (AvgIpc) is 2.79. The molecule has 0 aromatic rings. The second-order valence-electron chi connectivity index (χ2n) is 9.30. The molecule has 1 N–H and O–H groups in total. The molecule has 0 unspecified atom stereocenters. The van der Waals surface area contributed by atoms with Crippen molar-refractivity contribution in [3.05, 3.63) is 0 Å². The fraction of sp³-hybridized carbons (Fsp3) is 0.952. The standard InChI is InChI=1S/C21H27F13N2O/c22-16(23,17(24,25)18(26,27)19(28,29)20(30,31)21(32,33)34)11-12-37-15(35-13-7-3-1-4-8-13)36-14-9-5-2-6-10-14/h13-14H,1-12H2,(H,35,36). The van der Waals surface area contributed by atoms with E-state index in [9.17, 15) is 57.1 Å². The van der Waals surface area contributed by atoms with Gasteiger partial charge >= 0.3 is 35.8 Å². The van der Waals surface area contributed by atoms with Crippen LogP contribution in [0.2, 0.25) is 0 Å². The third-order valence-corrected chi connectivity index (χ3v) is 6.46. The van der Waals surface area contributed by atoms with Crippen molar-refractivity contribution in [2.75, 3.05) is 6.61 Å². The summed E-state index contributed by atoms with van der Waals surface area (Å²) in [6.07, 6.45) is -2.30. The van der Waals surface area contributed by atoms with Crippen LogP contribution in [-0.4, -0.2) is 60.5 Å². The van der Waals surface area contributed by atoms with Crippen LogP contribution >= 0.6 is 0 Å². The predicted octanol–water partition coefficient (Wildman–Crippen LogP) is 7.74. The van der Waals surface area contributed by atoms with Gasteiger partial charge in [0.05, 0.1) is 19.1 Å². The molecule has 0 spiro atoms. The maximum Gasteiger partial charge on any atom is 0.460 e. The zero-order valence-electron chi connectivity index (χ0n) is 19.4. The van der Waals surface area contributed by atoms with Gasteiger partial charge in [-0.1, -0.05) is 38.5 Å². The number of hydrogen-bond donors (Lipinski definition) is 1. The van der Waals surface area contributed by atoms with Crippen LogP contribution in [0.4, 0.5) is 57.1 Å². The minimum Gasteiger partial charge on any atom is -0.465 e. The van der Waals surface area contributed by atoms with Crippen molar-refractivity contribution in [2.24, 2.45) is 4.99 Å². The Bertz CT molecular complexity index is 771. The second kappa shape index (κ2) is 11.2. The van der Waals surface area contributed by atoms with Crippen molar-refractivity contribution >= 4 is 6.02 Å². The SMILES string of the molecule is FC(F)(F)C(F)(F)C(F)(F)C(F)(F)C(F)(F)C(F)(F)CCOC(=NC1CCCCC1)NC1CCCCC1. The Labute approximate surface area is 204 Å². The van der Waals surface area contributed by atoms with Crippen LogP contribution in [0.1, 0.15) is 70.6 Å². The molecule has 218 valence electrons. The maximum atomic E-state index is 14.1. The van der Waals surface area contributed by atoms with Gasteiger partial charge in [-0.25, -0.2) is 4.99 Å². The summed E-state index contributed by atoms with van der Waals surface area (Å²) in [6.45, 7) is -1.49. The lowest BCUT2D eigenvalue weighted by molar-refractivity contribution is -0.440. The summed E-state index contributed by atoms with van der Waals surface area (Å²) < 4.78 is 177. The molecule has 0 aliphatic heterocycles. The summed E-state index contributed by atoms with van der Waals surface area (Å²) in [7, 11) is 0. The zero-order valence-corrected chi connectivity index (χ0v) is 19.4. The van der Waals surface area contributed by atoms with Crippen LogP contribution in [0, 0.1) is 0 Å². The second-order valence-corrected chi connectivity index (χ2v) is 9.30. The summed E-state index contributed by atoms with van der Waals surface area (Å²) in [5.74, 6) is -36.9. The molecule has 0 atom stereocenters. The molecule has 2 aliphatic rings. The largest absolute Gasteiger partial charge is 0.465 e.